The number of alkyl halides is 1. The summed E-state index contributed by atoms with van der Waals surface area (Å²) >= 11 is 5.64. The van der Waals surface area contributed by atoms with E-state index in [1.54, 1.807) is 0 Å². The zero-order valence-corrected chi connectivity index (χ0v) is 9.05. The molecule has 1 aliphatic heterocycles. The lowest BCUT2D eigenvalue weighted by Crippen LogP contribution is -2.14. The first-order chi connectivity index (χ1) is 6.33. The molecule has 0 radical (unpaired) electrons. The molecule has 0 bridgehead atoms. The third kappa shape index (κ3) is 4.84. The number of halogens is 1. The lowest BCUT2D eigenvalue weighted by molar-refractivity contribution is 0.0362. The predicted molar refractivity (Wildman–Crippen MR) is 54.3 cm³/mol. The van der Waals surface area contributed by atoms with E-state index in [1.807, 2.05) is 0 Å². The molecule has 2 nitrogen and oxygen atoms in total. The van der Waals surface area contributed by atoms with Crippen LogP contribution in [0.2, 0.25) is 0 Å². The van der Waals surface area contributed by atoms with Crippen molar-refractivity contribution >= 4 is 11.6 Å². The van der Waals surface area contributed by atoms with E-state index in [1.165, 1.54) is 0 Å². The Labute approximate surface area is 85.5 Å². The Kier molecular flexibility index (Phi) is 5.76. The third-order valence-corrected chi connectivity index (χ3v) is 2.67. The summed E-state index contributed by atoms with van der Waals surface area (Å²) in [5.41, 5.74) is 0. The van der Waals surface area contributed by atoms with E-state index in [0.717, 1.165) is 45.0 Å². The molecule has 1 aliphatic rings. The van der Waals surface area contributed by atoms with Gasteiger partial charge in [0, 0.05) is 19.1 Å². The minimum atomic E-state index is 0.350. The van der Waals surface area contributed by atoms with Crippen LogP contribution in [0.5, 0.6) is 0 Å². The van der Waals surface area contributed by atoms with Gasteiger partial charge in [-0.05, 0) is 25.2 Å². The molecule has 0 spiro atoms. The average Bonchev–Trinajstić information content (AvgIpc) is 2.57. The summed E-state index contributed by atoms with van der Waals surface area (Å²) < 4.78 is 10.9. The van der Waals surface area contributed by atoms with Crippen molar-refractivity contribution in [2.24, 2.45) is 5.92 Å². The van der Waals surface area contributed by atoms with Gasteiger partial charge in [0.2, 0.25) is 0 Å². The van der Waals surface area contributed by atoms with E-state index in [4.69, 9.17) is 21.1 Å². The molecule has 0 saturated carbocycles. The molecule has 0 aromatic heterocycles. The molecule has 0 aromatic rings. The summed E-state index contributed by atoms with van der Waals surface area (Å²) in [4.78, 5) is 0. The topological polar surface area (TPSA) is 18.5 Å². The van der Waals surface area contributed by atoms with E-state index in [9.17, 15) is 0 Å². The number of hydrogen-bond donors (Lipinski definition) is 0. The Morgan fingerprint density at radius 1 is 1.54 bits per heavy atom. The van der Waals surface area contributed by atoms with Gasteiger partial charge in [-0.1, -0.05) is 6.92 Å². The van der Waals surface area contributed by atoms with Crippen LogP contribution < -0.4 is 0 Å². The first kappa shape index (κ1) is 11.3. The second kappa shape index (κ2) is 6.63. The molecule has 0 N–H and O–H groups in total. The highest BCUT2D eigenvalue weighted by atomic mass is 35.5. The van der Waals surface area contributed by atoms with Crippen LogP contribution >= 0.6 is 11.6 Å². The van der Waals surface area contributed by atoms with Gasteiger partial charge >= 0.3 is 0 Å². The van der Waals surface area contributed by atoms with Crippen molar-refractivity contribution < 1.29 is 9.47 Å². The highest BCUT2D eigenvalue weighted by Crippen LogP contribution is 2.12. The number of hydrogen-bond acceptors (Lipinski definition) is 2. The summed E-state index contributed by atoms with van der Waals surface area (Å²) in [6.07, 6.45) is 3.61. The van der Waals surface area contributed by atoms with Crippen molar-refractivity contribution in [3.63, 3.8) is 0 Å². The molecule has 1 saturated heterocycles. The molecule has 3 heteroatoms. The second-order valence-corrected chi connectivity index (χ2v) is 4.11. The monoisotopic (exact) mass is 206 g/mol. The minimum Gasteiger partial charge on any atom is -0.379 e. The van der Waals surface area contributed by atoms with Crippen LogP contribution in [-0.2, 0) is 9.47 Å². The molecule has 0 aliphatic carbocycles. The molecule has 0 aromatic carbocycles. The standard InChI is InChI=1S/C10H19ClO2/c1-9(2-5-11)3-7-13-10-4-6-12-8-10/h9-10H,2-8H2,1H3. The van der Waals surface area contributed by atoms with Crippen molar-refractivity contribution in [3.05, 3.63) is 0 Å². The highest BCUT2D eigenvalue weighted by Gasteiger charge is 2.15. The van der Waals surface area contributed by atoms with Crippen LogP contribution in [0, 0.1) is 5.92 Å². The molecule has 78 valence electrons. The quantitative estimate of drug-likeness (QED) is 0.622. The predicted octanol–water partition coefficient (Wildman–Crippen LogP) is 2.45. The molecule has 1 heterocycles. The van der Waals surface area contributed by atoms with E-state index in [-0.39, 0.29) is 0 Å². The number of ether oxygens (including phenoxy) is 2. The highest BCUT2D eigenvalue weighted by molar-refractivity contribution is 6.17. The van der Waals surface area contributed by atoms with Crippen molar-refractivity contribution in [1.29, 1.82) is 0 Å². The van der Waals surface area contributed by atoms with Crippen molar-refractivity contribution in [2.75, 3.05) is 25.7 Å². The lowest BCUT2D eigenvalue weighted by Gasteiger charge is -2.12. The van der Waals surface area contributed by atoms with Crippen LogP contribution in [0.25, 0.3) is 0 Å². The fourth-order valence-corrected chi connectivity index (χ4v) is 1.78. The van der Waals surface area contributed by atoms with Crippen molar-refractivity contribution in [3.8, 4) is 0 Å². The summed E-state index contributed by atoms with van der Waals surface area (Å²) in [6.45, 7) is 4.72. The molecular formula is C10H19ClO2. The normalized spacial score (nSPS) is 24.9. The molecule has 1 rings (SSSR count). The van der Waals surface area contributed by atoms with E-state index < -0.39 is 0 Å². The summed E-state index contributed by atoms with van der Waals surface area (Å²) in [6, 6.07) is 0. The van der Waals surface area contributed by atoms with Crippen LogP contribution in [-0.4, -0.2) is 31.8 Å². The fourth-order valence-electron chi connectivity index (χ4n) is 1.41. The zero-order valence-electron chi connectivity index (χ0n) is 8.30. The Bertz CT molecular complexity index is 124. The Balaban J connectivity index is 1.93. The zero-order chi connectivity index (χ0) is 9.52. The van der Waals surface area contributed by atoms with Crippen LogP contribution in [0.3, 0.4) is 0 Å². The van der Waals surface area contributed by atoms with Crippen LogP contribution in [0.4, 0.5) is 0 Å². The second-order valence-electron chi connectivity index (χ2n) is 3.73. The van der Waals surface area contributed by atoms with Gasteiger partial charge in [-0.25, -0.2) is 0 Å². The van der Waals surface area contributed by atoms with Gasteiger partial charge in [-0.2, -0.15) is 0 Å². The first-order valence-electron chi connectivity index (χ1n) is 5.08. The maximum atomic E-state index is 5.65. The fraction of sp³-hybridized carbons (Fsp3) is 1.00. The van der Waals surface area contributed by atoms with E-state index in [0.29, 0.717) is 12.0 Å². The summed E-state index contributed by atoms with van der Waals surface area (Å²) in [5.74, 6) is 1.44. The smallest absolute Gasteiger partial charge is 0.0830 e. The van der Waals surface area contributed by atoms with Gasteiger partial charge < -0.3 is 9.47 Å². The third-order valence-electron chi connectivity index (χ3n) is 2.45. The molecule has 2 atom stereocenters. The van der Waals surface area contributed by atoms with Gasteiger partial charge in [0.05, 0.1) is 12.7 Å². The Morgan fingerprint density at radius 3 is 3.00 bits per heavy atom. The molecular weight excluding hydrogens is 188 g/mol. The van der Waals surface area contributed by atoms with E-state index >= 15 is 0 Å². The maximum absolute atomic E-state index is 5.65. The van der Waals surface area contributed by atoms with E-state index in [2.05, 4.69) is 6.92 Å². The van der Waals surface area contributed by atoms with Gasteiger partial charge in [0.25, 0.3) is 0 Å². The minimum absolute atomic E-state index is 0.350. The molecule has 2 unspecified atom stereocenters. The Hall–Kier alpha value is 0.210. The maximum Gasteiger partial charge on any atom is 0.0830 e. The average molecular weight is 207 g/mol. The van der Waals surface area contributed by atoms with Gasteiger partial charge in [0.1, 0.15) is 0 Å². The molecule has 1 fully saturated rings. The Morgan fingerprint density at radius 2 is 2.38 bits per heavy atom. The van der Waals surface area contributed by atoms with Crippen molar-refractivity contribution in [2.45, 2.75) is 32.3 Å². The van der Waals surface area contributed by atoms with Gasteiger partial charge in [-0.15, -0.1) is 11.6 Å². The first-order valence-corrected chi connectivity index (χ1v) is 5.61. The van der Waals surface area contributed by atoms with Crippen LogP contribution in [0.1, 0.15) is 26.2 Å². The number of rotatable bonds is 6. The SMILES string of the molecule is CC(CCCl)CCOC1CCOC1. The summed E-state index contributed by atoms with van der Waals surface area (Å²) in [7, 11) is 0. The van der Waals surface area contributed by atoms with Crippen LogP contribution in [0.15, 0.2) is 0 Å². The summed E-state index contributed by atoms with van der Waals surface area (Å²) in [5, 5.41) is 0. The van der Waals surface area contributed by atoms with Crippen molar-refractivity contribution in [1.82, 2.24) is 0 Å². The molecule has 13 heavy (non-hydrogen) atoms. The van der Waals surface area contributed by atoms with Gasteiger partial charge in [-0.3, -0.25) is 0 Å². The largest absolute Gasteiger partial charge is 0.379 e. The lowest BCUT2D eigenvalue weighted by atomic mass is 10.1. The van der Waals surface area contributed by atoms with Gasteiger partial charge in [0.15, 0.2) is 0 Å². The molecule has 0 amide bonds.